The number of hydrogen-bond donors (Lipinski definition) is 4. The topological polar surface area (TPSA) is 115 Å². The molecule has 8 nitrogen and oxygen atoms in total. The Kier molecular flexibility index (Phi) is 10.6. The number of aromatic nitrogens is 8. The van der Waals surface area contributed by atoms with Crippen molar-refractivity contribution in [1.29, 1.82) is 0 Å². The van der Waals surface area contributed by atoms with E-state index >= 15 is 0 Å². The van der Waals surface area contributed by atoms with Gasteiger partial charge in [-0.05, 0) is 130 Å². The fraction of sp³-hybridized carbons (Fsp3) is 0. The number of benzene rings is 8. The SMILES string of the molecule is C#Cc1ccc(-c2c3nc(c(-c4ccccc4)c4cc5c6cc7nc6c6c8[nH]c(cc8c8cc(nc8c6c5[nH]4)c(-c4ccccc4)c4ccc2[nH]4)c(-c2ccccc2)c2nc(c(-c4ccc(C#C)cc4)c4ccc([nH]4)c7-c4ccccc4)C=C2)C=C3)cc1. The number of H-pyrrole nitrogens is 4. The summed E-state index contributed by atoms with van der Waals surface area (Å²) in [6, 6.07) is 76.5. The van der Waals surface area contributed by atoms with E-state index in [1.807, 2.05) is 24.3 Å². The largest absolute Gasteiger partial charge is 0.354 e. The van der Waals surface area contributed by atoms with Gasteiger partial charge in [-0.15, -0.1) is 12.8 Å². The summed E-state index contributed by atoms with van der Waals surface area (Å²) < 4.78 is 0. The van der Waals surface area contributed by atoms with Gasteiger partial charge in [-0.25, -0.2) is 19.9 Å². The zero-order chi connectivity index (χ0) is 58.1. The van der Waals surface area contributed by atoms with E-state index in [9.17, 15) is 0 Å². The Labute approximate surface area is 503 Å². The summed E-state index contributed by atoms with van der Waals surface area (Å²) in [5.41, 5.74) is 27.2. The summed E-state index contributed by atoms with van der Waals surface area (Å²) >= 11 is 0. The number of fused-ring (bicyclic) bond motifs is 14. The first-order valence-corrected chi connectivity index (χ1v) is 29.4. The van der Waals surface area contributed by atoms with Crippen molar-refractivity contribution in [3.8, 4) is 91.4 Å². The van der Waals surface area contributed by atoms with Crippen LogP contribution in [-0.2, 0) is 0 Å². The highest BCUT2D eigenvalue weighted by Crippen LogP contribution is 2.49. The molecule has 4 N–H and O–H groups in total. The second-order valence-corrected chi connectivity index (χ2v) is 22.7. The Balaban J connectivity index is 1.10. The molecule has 0 aliphatic carbocycles. The van der Waals surface area contributed by atoms with E-state index in [4.69, 9.17) is 32.8 Å². The molecule has 2 aliphatic rings. The van der Waals surface area contributed by atoms with Gasteiger partial charge < -0.3 is 19.9 Å². The van der Waals surface area contributed by atoms with Crippen LogP contribution in [0.3, 0.4) is 0 Å². The van der Waals surface area contributed by atoms with Crippen LogP contribution < -0.4 is 0 Å². The van der Waals surface area contributed by atoms with Crippen LogP contribution in [0.5, 0.6) is 0 Å². The van der Waals surface area contributed by atoms with Crippen molar-refractivity contribution < 1.29 is 0 Å². The third-order valence-corrected chi connectivity index (χ3v) is 17.7. The lowest BCUT2D eigenvalue weighted by Gasteiger charge is -2.07. The van der Waals surface area contributed by atoms with Crippen LogP contribution in [0.2, 0.25) is 0 Å². The summed E-state index contributed by atoms with van der Waals surface area (Å²) in [6.45, 7) is 0. The van der Waals surface area contributed by atoms with Crippen LogP contribution in [0, 0.1) is 24.7 Å². The van der Waals surface area contributed by atoms with E-state index in [2.05, 4.69) is 250 Å². The molecule has 8 heteroatoms. The van der Waals surface area contributed by atoms with Crippen LogP contribution >= 0.6 is 0 Å². The molecule has 0 amide bonds. The number of nitrogens with zero attached hydrogens (tertiary/aromatic N) is 4. The van der Waals surface area contributed by atoms with Gasteiger partial charge in [0.15, 0.2) is 0 Å². The molecule has 2 aliphatic heterocycles. The van der Waals surface area contributed by atoms with Gasteiger partial charge in [0, 0.05) is 110 Å². The zero-order valence-electron chi connectivity index (χ0n) is 47.0. The molecule has 0 radical (unpaired) electrons. The maximum Gasteiger partial charge on any atom is 0.0818 e. The predicted molar refractivity (Wildman–Crippen MR) is 365 cm³/mol. The zero-order valence-corrected chi connectivity index (χ0v) is 47.0. The molecule has 0 atom stereocenters. The fourth-order valence-corrected chi connectivity index (χ4v) is 13.8. The Morgan fingerprint density at radius 3 is 0.920 bits per heavy atom. The molecule has 0 unspecified atom stereocenters. The number of terminal acetylenes is 2. The Hall–Kier alpha value is -12.4. The third-order valence-electron chi connectivity index (χ3n) is 17.7. The standard InChI is InChI=1S/C80H46N8/c1-3-45-25-29-51(30-26-45)69-57-33-37-61(81-57)71(47-17-9-5-10-18-47)65-41-53-55-43-67-73(49-21-13-7-14-22-49)63-39-35-59(83-63)70(52-31-27-46(4-2)28-32-52)60-36-40-64(84-60)74(50-23-15-8-16-24-50)68-44-56-54-42-66(72(48-19-11-6-12-20-48)62-38-34-58(69)82-62)86-78(54)75(77(53)85-65)76(79(55)87-67)80(56)88-68/h1-2,5-44,81,84,86-87H. The average Bonchev–Trinajstić information content (AvgIpc) is 1.57. The van der Waals surface area contributed by atoms with Gasteiger partial charge in [0.05, 0.1) is 55.9 Å². The van der Waals surface area contributed by atoms with Gasteiger partial charge in [0.25, 0.3) is 0 Å². The normalized spacial score (nSPS) is 12.2. The first-order valence-electron chi connectivity index (χ1n) is 29.4. The van der Waals surface area contributed by atoms with Crippen LogP contribution in [-0.4, -0.2) is 39.9 Å². The highest BCUT2D eigenvalue weighted by molar-refractivity contribution is 6.39. The van der Waals surface area contributed by atoms with Crippen molar-refractivity contribution in [2.24, 2.45) is 0 Å². The summed E-state index contributed by atoms with van der Waals surface area (Å²) in [5, 5.41) is 5.91. The molecule has 18 rings (SSSR count). The van der Waals surface area contributed by atoms with E-state index in [0.29, 0.717) is 0 Å². The third kappa shape index (κ3) is 7.50. The Morgan fingerprint density at radius 1 is 0.273 bits per heavy atom. The van der Waals surface area contributed by atoms with Gasteiger partial charge in [-0.2, -0.15) is 0 Å². The number of nitrogens with one attached hydrogen (secondary N) is 4. The second kappa shape index (κ2) is 19.1. The van der Waals surface area contributed by atoms with Crippen LogP contribution in [0.4, 0.5) is 0 Å². The molecule has 10 heterocycles. The predicted octanol–water partition coefficient (Wildman–Crippen LogP) is 19.6. The van der Waals surface area contributed by atoms with Crippen molar-refractivity contribution in [2.75, 3.05) is 0 Å². The van der Waals surface area contributed by atoms with Crippen LogP contribution in [0.15, 0.2) is 218 Å². The van der Waals surface area contributed by atoms with E-state index in [1.165, 1.54) is 0 Å². The van der Waals surface area contributed by atoms with Crippen molar-refractivity contribution >= 4 is 123 Å². The van der Waals surface area contributed by atoms with E-state index < -0.39 is 0 Å². The van der Waals surface area contributed by atoms with E-state index in [1.54, 1.807) is 0 Å². The molecule has 0 saturated heterocycles. The van der Waals surface area contributed by atoms with Crippen LogP contribution in [0.25, 0.3) is 190 Å². The van der Waals surface area contributed by atoms with Gasteiger partial charge in [-0.1, -0.05) is 157 Å². The molecule has 16 bridgehead atoms. The van der Waals surface area contributed by atoms with Gasteiger partial charge in [0.2, 0.25) is 0 Å². The molecule has 8 aromatic carbocycles. The average molecular weight is 1120 g/mol. The number of rotatable bonds is 6. The lowest BCUT2D eigenvalue weighted by Crippen LogP contribution is -1.89. The van der Waals surface area contributed by atoms with Crippen molar-refractivity contribution in [3.63, 3.8) is 0 Å². The second-order valence-electron chi connectivity index (χ2n) is 22.7. The van der Waals surface area contributed by atoms with E-state index in [-0.39, 0.29) is 0 Å². The smallest absolute Gasteiger partial charge is 0.0818 e. The molecule has 0 saturated carbocycles. The molecule has 16 aromatic rings. The van der Waals surface area contributed by atoms with Crippen molar-refractivity contribution in [1.82, 2.24) is 39.9 Å². The quantitative estimate of drug-likeness (QED) is 0.124. The molecular formula is C80H46N8. The highest BCUT2D eigenvalue weighted by atomic mass is 14.8. The molecule has 0 spiro atoms. The molecule has 8 aromatic heterocycles. The summed E-state index contributed by atoms with van der Waals surface area (Å²) in [6.07, 6.45) is 20.4. The lowest BCUT2D eigenvalue weighted by atomic mass is 9.97. The summed E-state index contributed by atoms with van der Waals surface area (Å²) in [7, 11) is 0. The maximum absolute atomic E-state index is 5.94. The molecular weight excluding hydrogens is 1070 g/mol. The Bertz CT molecular complexity index is 5580. The van der Waals surface area contributed by atoms with Gasteiger partial charge >= 0.3 is 0 Å². The van der Waals surface area contributed by atoms with Gasteiger partial charge in [0.1, 0.15) is 0 Å². The maximum atomic E-state index is 5.94. The fourth-order valence-electron chi connectivity index (χ4n) is 13.8. The molecule has 0 fully saturated rings. The summed E-state index contributed by atoms with van der Waals surface area (Å²) in [5.74, 6) is 5.63. The monoisotopic (exact) mass is 1120 g/mol. The molecule has 406 valence electrons. The van der Waals surface area contributed by atoms with Gasteiger partial charge in [-0.3, -0.25) is 0 Å². The van der Waals surface area contributed by atoms with Crippen molar-refractivity contribution in [2.45, 2.75) is 0 Å². The van der Waals surface area contributed by atoms with E-state index in [0.717, 1.165) is 199 Å². The highest BCUT2D eigenvalue weighted by Gasteiger charge is 2.27. The minimum atomic E-state index is 0.802. The summed E-state index contributed by atoms with van der Waals surface area (Å²) in [4.78, 5) is 39.3. The minimum Gasteiger partial charge on any atom is -0.354 e. The van der Waals surface area contributed by atoms with Crippen molar-refractivity contribution in [3.05, 3.63) is 252 Å². The minimum absolute atomic E-state index is 0.802. The first-order chi connectivity index (χ1) is 43.5. The number of aromatic amines is 4. The Morgan fingerprint density at radius 2 is 0.580 bits per heavy atom. The number of hydrogen-bond acceptors (Lipinski definition) is 4. The lowest BCUT2D eigenvalue weighted by molar-refractivity contribution is 1.32. The molecule has 88 heavy (non-hydrogen) atoms. The van der Waals surface area contributed by atoms with Crippen LogP contribution in [0.1, 0.15) is 33.9 Å². The first kappa shape index (κ1) is 49.1.